The molecule has 3 rings (SSSR count). The smallest absolute Gasteiger partial charge is 0.337 e. The third-order valence-electron chi connectivity index (χ3n) is 3.32. The molecule has 102 valence electrons. The molecule has 1 aromatic heterocycles. The van der Waals surface area contributed by atoms with Crippen molar-refractivity contribution in [1.82, 2.24) is 4.98 Å². The molecule has 0 saturated heterocycles. The number of rotatable bonds is 2. The number of pyridine rings is 1. The number of nitrogens with zero attached hydrogens (tertiary/aromatic N) is 2. The van der Waals surface area contributed by atoms with Crippen molar-refractivity contribution in [3.8, 4) is 5.75 Å². The van der Waals surface area contributed by atoms with Crippen LogP contribution in [-0.2, 0) is 6.54 Å². The van der Waals surface area contributed by atoms with E-state index in [0.717, 1.165) is 11.3 Å². The van der Waals surface area contributed by atoms with E-state index in [4.69, 9.17) is 4.74 Å². The van der Waals surface area contributed by atoms with Gasteiger partial charge in [0, 0.05) is 18.3 Å². The number of hydrogen-bond donors (Lipinski definition) is 1. The molecule has 1 N–H and O–H groups in total. The molecule has 0 saturated carbocycles. The first-order valence-corrected chi connectivity index (χ1v) is 6.38. The normalized spacial score (nSPS) is 14.1. The Bertz CT molecular complexity index is 643. The summed E-state index contributed by atoms with van der Waals surface area (Å²) in [5.74, 6) is -0.0865. The summed E-state index contributed by atoms with van der Waals surface area (Å²) in [6.45, 7) is 1.76. The highest BCUT2D eigenvalue weighted by Crippen LogP contribution is 2.27. The number of carbonyl (C=O) groups is 1. The Morgan fingerprint density at radius 1 is 1.30 bits per heavy atom. The van der Waals surface area contributed by atoms with Crippen LogP contribution in [0.4, 0.5) is 5.69 Å². The molecular weight excluding hydrogens is 256 g/mol. The summed E-state index contributed by atoms with van der Waals surface area (Å²) >= 11 is 0. The van der Waals surface area contributed by atoms with Crippen LogP contribution in [0.25, 0.3) is 0 Å². The topological polar surface area (TPSA) is 62.7 Å². The molecular formula is C15H14N2O3. The lowest BCUT2D eigenvalue weighted by Gasteiger charge is -2.23. The molecule has 0 unspecified atom stereocenters. The lowest BCUT2D eigenvalue weighted by Crippen LogP contribution is -2.27. The summed E-state index contributed by atoms with van der Waals surface area (Å²) in [6, 6.07) is 9.33. The van der Waals surface area contributed by atoms with Gasteiger partial charge in [-0.25, -0.2) is 4.79 Å². The Labute approximate surface area is 116 Å². The molecule has 1 aromatic carbocycles. The molecule has 0 bridgehead atoms. The fourth-order valence-electron chi connectivity index (χ4n) is 2.35. The van der Waals surface area contributed by atoms with E-state index in [1.807, 2.05) is 29.2 Å². The number of fused-ring (bicyclic) bond motifs is 1. The highest BCUT2D eigenvalue weighted by atomic mass is 16.5. The van der Waals surface area contributed by atoms with E-state index in [1.165, 1.54) is 12.3 Å². The summed E-state index contributed by atoms with van der Waals surface area (Å²) in [4.78, 5) is 17.3. The molecule has 2 heterocycles. The minimum absolute atomic E-state index is 0.263. The summed E-state index contributed by atoms with van der Waals surface area (Å²) in [5, 5.41) is 9.28. The summed E-state index contributed by atoms with van der Waals surface area (Å²) in [5.41, 5.74) is 1.94. The zero-order chi connectivity index (χ0) is 13.9. The van der Waals surface area contributed by atoms with Gasteiger partial charge < -0.3 is 14.7 Å². The van der Waals surface area contributed by atoms with Gasteiger partial charge in [-0.15, -0.1) is 0 Å². The summed E-state index contributed by atoms with van der Waals surface area (Å²) in [7, 11) is 0. The average molecular weight is 270 g/mol. The quantitative estimate of drug-likeness (QED) is 0.906. The van der Waals surface area contributed by atoms with Gasteiger partial charge in [-0.05, 0) is 12.1 Å². The average Bonchev–Trinajstić information content (AvgIpc) is 2.69. The zero-order valence-corrected chi connectivity index (χ0v) is 10.8. The van der Waals surface area contributed by atoms with E-state index in [9.17, 15) is 9.90 Å². The molecule has 5 nitrogen and oxygen atoms in total. The highest BCUT2D eigenvalue weighted by molar-refractivity contribution is 5.94. The van der Waals surface area contributed by atoms with Gasteiger partial charge in [0.25, 0.3) is 0 Å². The Morgan fingerprint density at radius 2 is 2.15 bits per heavy atom. The van der Waals surface area contributed by atoms with Crippen LogP contribution in [0.2, 0.25) is 0 Å². The van der Waals surface area contributed by atoms with Crippen LogP contribution in [0.5, 0.6) is 5.75 Å². The minimum atomic E-state index is -0.944. The van der Waals surface area contributed by atoms with Gasteiger partial charge in [0.15, 0.2) is 0 Å². The lowest BCUT2D eigenvalue weighted by molar-refractivity contribution is 0.0697. The van der Waals surface area contributed by atoms with Crippen LogP contribution in [-0.4, -0.2) is 29.2 Å². The van der Waals surface area contributed by atoms with Gasteiger partial charge >= 0.3 is 5.97 Å². The number of hydrogen-bond acceptors (Lipinski definition) is 4. The molecule has 1 aliphatic heterocycles. The van der Waals surface area contributed by atoms with Crippen LogP contribution in [0.1, 0.15) is 15.9 Å². The monoisotopic (exact) mass is 270 g/mol. The Balaban J connectivity index is 1.98. The molecule has 0 spiro atoms. The predicted molar refractivity (Wildman–Crippen MR) is 74.2 cm³/mol. The maximum atomic E-state index is 11.3. The standard InChI is InChI=1S/C15H14N2O3/c18-15(19)12-5-6-16-9-13(12)17-7-8-20-14-4-2-1-3-11(14)10-17/h1-6,9H,7-8,10H2,(H,18,19). The lowest BCUT2D eigenvalue weighted by atomic mass is 10.1. The molecule has 1 aliphatic rings. The number of benzene rings is 1. The molecule has 2 aromatic rings. The molecule has 0 atom stereocenters. The van der Waals surface area contributed by atoms with Gasteiger partial charge in [-0.2, -0.15) is 0 Å². The van der Waals surface area contributed by atoms with Gasteiger partial charge in [0.05, 0.1) is 24.0 Å². The maximum Gasteiger partial charge on any atom is 0.337 e. The highest BCUT2D eigenvalue weighted by Gasteiger charge is 2.20. The van der Waals surface area contributed by atoms with Crippen LogP contribution in [0.3, 0.4) is 0 Å². The van der Waals surface area contributed by atoms with E-state index in [1.54, 1.807) is 6.20 Å². The van der Waals surface area contributed by atoms with Crippen molar-refractivity contribution >= 4 is 11.7 Å². The summed E-state index contributed by atoms with van der Waals surface area (Å²) < 4.78 is 5.69. The number of ether oxygens (including phenoxy) is 1. The first-order chi connectivity index (χ1) is 9.75. The second kappa shape index (κ2) is 5.21. The van der Waals surface area contributed by atoms with Crippen LogP contribution >= 0.6 is 0 Å². The molecule has 0 amide bonds. The Kier molecular flexibility index (Phi) is 3.25. The first-order valence-electron chi connectivity index (χ1n) is 6.38. The van der Waals surface area contributed by atoms with Crippen molar-refractivity contribution in [3.63, 3.8) is 0 Å². The molecule has 20 heavy (non-hydrogen) atoms. The molecule has 0 radical (unpaired) electrons. The third-order valence-corrected chi connectivity index (χ3v) is 3.32. The Hall–Kier alpha value is -2.56. The number of aromatic carboxylic acids is 1. The van der Waals surface area contributed by atoms with Gasteiger partial charge in [-0.3, -0.25) is 4.98 Å². The van der Waals surface area contributed by atoms with E-state index < -0.39 is 5.97 Å². The van der Waals surface area contributed by atoms with Crippen molar-refractivity contribution in [2.45, 2.75) is 6.54 Å². The SMILES string of the molecule is O=C(O)c1ccncc1N1CCOc2ccccc2C1. The van der Waals surface area contributed by atoms with Crippen molar-refractivity contribution in [2.75, 3.05) is 18.1 Å². The molecule has 5 heteroatoms. The predicted octanol–water partition coefficient (Wildman–Crippen LogP) is 2.18. The van der Waals surface area contributed by atoms with Crippen molar-refractivity contribution < 1.29 is 14.6 Å². The number of anilines is 1. The number of carboxylic acids is 1. The second-order valence-electron chi connectivity index (χ2n) is 4.58. The second-order valence-corrected chi connectivity index (χ2v) is 4.58. The van der Waals surface area contributed by atoms with Gasteiger partial charge in [0.1, 0.15) is 12.4 Å². The Morgan fingerprint density at radius 3 is 3.00 bits per heavy atom. The first kappa shape index (κ1) is 12.5. The minimum Gasteiger partial charge on any atom is -0.491 e. The number of carboxylic acid groups (broad SMARTS) is 1. The number of para-hydroxylation sites is 1. The molecule has 0 fully saturated rings. The fraction of sp³-hybridized carbons (Fsp3) is 0.200. The maximum absolute atomic E-state index is 11.3. The van der Waals surface area contributed by atoms with Crippen molar-refractivity contribution in [2.24, 2.45) is 0 Å². The fourth-order valence-corrected chi connectivity index (χ4v) is 2.35. The van der Waals surface area contributed by atoms with Crippen molar-refractivity contribution in [1.29, 1.82) is 0 Å². The van der Waals surface area contributed by atoms with E-state index in [2.05, 4.69) is 4.98 Å². The summed E-state index contributed by atoms with van der Waals surface area (Å²) in [6.07, 6.45) is 3.09. The van der Waals surface area contributed by atoms with E-state index in [-0.39, 0.29) is 5.56 Å². The number of aromatic nitrogens is 1. The third kappa shape index (κ3) is 2.30. The van der Waals surface area contributed by atoms with Crippen molar-refractivity contribution in [3.05, 3.63) is 53.9 Å². The zero-order valence-electron chi connectivity index (χ0n) is 10.8. The van der Waals surface area contributed by atoms with E-state index >= 15 is 0 Å². The van der Waals surface area contributed by atoms with E-state index in [0.29, 0.717) is 25.4 Å². The van der Waals surface area contributed by atoms with Crippen LogP contribution < -0.4 is 9.64 Å². The largest absolute Gasteiger partial charge is 0.491 e. The van der Waals surface area contributed by atoms with Gasteiger partial charge in [-0.1, -0.05) is 18.2 Å². The molecule has 0 aliphatic carbocycles. The van der Waals surface area contributed by atoms with Crippen LogP contribution in [0, 0.1) is 0 Å². The van der Waals surface area contributed by atoms with Crippen LogP contribution in [0.15, 0.2) is 42.7 Å². The van der Waals surface area contributed by atoms with Gasteiger partial charge in [0.2, 0.25) is 0 Å².